The van der Waals surface area contributed by atoms with Gasteiger partial charge in [0.2, 0.25) is 0 Å². The van der Waals surface area contributed by atoms with Crippen molar-refractivity contribution in [2.45, 2.75) is 51.7 Å². The molecule has 0 aliphatic carbocycles. The number of rotatable bonds is 5. The van der Waals surface area contributed by atoms with E-state index in [1.807, 2.05) is 24.3 Å². The molecule has 1 aliphatic rings. The van der Waals surface area contributed by atoms with Gasteiger partial charge in [0, 0.05) is 6.54 Å². The van der Waals surface area contributed by atoms with Gasteiger partial charge in [-0.05, 0) is 37.3 Å². The Balaban J connectivity index is 2.10. The fraction of sp³-hybridized carbons (Fsp3) is 0.556. The van der Waals surface area contributed by atoms with Gasteiger partial charge in [0.1, 0.15) is 11.8 Å². The number of esters is 1. The van der Waals surface area contributed by atoms with Crippen molar-refractivity contribution < 1.29 is 19.1 Å². The van der Waals surface area contributed by atoms with Crippen LogP contribution in [0.5, 0.6) is 5.75 Å². The summed E-state index contributed by atoms with van der Waals surface area (Å²) in [6.45, 7) is 6.47. The zero-order valence-corrected chi connectivity index (χ0v) is 14.2. The molecule has 2 atom stereocenters. The van der Waals surface area contributed by atoms with Crippen LogP contribution in [-0.2, 0) is 14.3 Å². The Morgan fingerprint density at radius 1 is 1.22 bits per heavy atom. The maximum Gasteiger partial charge on any atom is 0.328 e. The summed E-state index contributed by atoms with van der Waals surface area (Å²) in [7, 11) is 1.35. The van der Waals surface area contributed by atoms with Crippen LogP contribution >= 0.6 is 0 Å². The van der Waals surface area contributed by atoms with Crippen LogP contribution in [0.3, 0.4) is 0 Å². The first-order valence-corrected chi connectivity index (χ1v) is 8.09. The fourth-order valence-electron chi connectivity index (χ4n) is 2.95. The molecule has 0 saturated carbocycles. The Bertz CT molecular complexity index is 570. The summed E-state index contributed by atoms with van der Waals surface area (Å²) < 4.78 is 10.7. The van der Waals surface area contributed by atoms with E-state index in [9.17, 15) is 9.59 Å². The second-order valence-corrected chi connectivity index (χ2v) is 6.17. The van der Waals surface area contributed by atoms with Crippen molar-refractivity contribution in [2.75, 3.05) is 13.7 Å². The number of ether oxygens (including phenoxy) is 2. The summed E-state index contributed by atoms with van der Waals surface area (Å²) in [5.41, 5.74) is 1.07. The van der Waals surface area contributed by atoms with Gasteiger partial charge >= 0.3 is 5.97 Å². The monoisotopic (exact) mass is 319 g/mol. The molecule has 0 N–H and O–H groups in total. The van der Waals surface area contributed by atoms with E-state index < -0.39 is 12.1 Å². The lowest BCUT2D eigenvalue weighted by atomic mass is 10.0. The van der Waals surface area contributed by atoms with Gasteiger partial charge in [-0.15, -0.1) is 0 Å². The predicted molar refractivity (Wildman–Crippen MR) is 87.4 cm³/mol. The Hall–Kier alpha value is -2.04. The van der Waals surface area contributed by atoms with Crippen LogP contribution in [0.25, 0.3) is 0 Å². The number of carbonyl (C=O) groups is 2. The van der Waals surface area contributed by atoms with E-state index in [0.717, 1.165) is 17.7 Å². The van der Waals surface area contributed by atoms with Crippen LogP contribution < -0.4 is 4.74 Å². The summed E-state index contributed by atoms with van der Waals surface area (Å²) in [6, 6.07) is 7.25. The number of para-hydroxylation sites is 1. The second kappa shape index (κ2) is 7.49. The van der Waals surface area contributed by atoms with Gasteiger partial charge in [-0.1, -0.05) is 32.0 Å². The Morgan fingerprint density at radius 2 is 1.91 bits per heavy atom. The number of amides is 1. The van der Waals surface area contributed by atoms with E-state index in [-0.39, 0.29) is 11.9 Å². The highest BCUT2D eigenvalue weighted by Gasteiger charge is 2.37. The van der Waals surface area contributed by atoms with Gasteiger partial charge in [0.05, 0.1) is 7.11 Å². The minimum Gasteiger partial charge on any atom is -0.481 e. The van der Waals surface area contributed by atoms with Crippen LogP contribution in [0.1, 0.15) is 45.1 Å². The van der Waals surface area contributed by atoms with Crippen molar-refractivity contribution in [3.8, 4) is 5.75 Å². The number of hydrogen-bond donors (Lipinski definition) is 0. The zero-order valence-electron chi connectivity index (χ0n) is 14.2. The van der Waals surface area contributed by atoms with Crippen molar-refractivity contribution in [1.29, 1.82) is 0 Å². The molecule has 0 aromatic heterocycles. The Morgan fingerprint density at radius 3 is 2.57 bits per heavy atom. The number of nitrogens with zero attached hydrogens (tertiary/aromatic N) is 1. The molecule has 5 heteroatoms. The first-order valence-electron chi connectivity index (χ1n) is 8.09. The zero-order chi connectivity index (χ0) is 17.0. The van der Waals surface area contributed by atoms with Crippen molar-refractivity contribution in [1.82, 2.24) is 4.90 Å². The topological polar surface area (TPSA) is 55.8 Å². The Kier molecular flexibility index (Phi) is 5.64. The summed E-state index contributed by atoms with van der Waals surface area (Å²) in [5, 5.41) is 0. The smallest absolute Gasteiger partial charge is 0.328 e. The van der Waals surface area contributed by atoms with Gasteiger partial charge in [-0.25, -0.2) is 4.79 Å². The lowest BCUT2D eigenvalue weighted by molar-refractivity contribution is -0.153. The molecule has 1 fully saturated rings. The molecule has 1 heterocycles. The highest BCUT2D eigenvalue weighted by molar-refractivity contribution is 5.87. The standard InChI is InChI=1S/C18H25NO4/c1-12(2)14-8-5-6-10-16(14)23-13(3)17(20)19-11-7-9-15(19)18(21)22-4/h5-6,8,10,12-13,15H,7,9,11H2,1-4H3. The normalized spacial score (nSPS) is 18.8. The molecule has 0 bridgehead atoms. The van der Waals surface area contributed by atoms with Crippen LogP contribution in [0.4, 0.5) is 0 Å². The van der Waals surface area contributed by atoms with Crippen molar-refractivity contribution >= 4 is 11.9 Å². The van der Waals surface area contributed by atoms with E-state index >= 15 is 0 Å². The molecule has 2 unspecified atom stereocenters. The number of carbonyl (C=O) groups excluding carboxylic acids is 2. The van der Waals surface area contributed by atoms with Gasteiger partial charge in [-0.3, -0.25) is 4.79 Å². The lowest BCUT2D eigenvalue weighted by Gasteiger charge is -2.26. The van der Waals surface area contributed by atoms with Crippen molar-refractivity contribution in [2.24, 2.45) is 0 Å². The third kappa shape index (κ3) is 3.84. The molecular formula is C18H25NO4. The summed E-state index contributed by atoms with van der Waals surface area (Å²) in [4.78, 5) is 26.0. The quantitative estimate of drug-likeness (QED) is 0.783. The second-order valence-electron chi connectivity index (χ2n) is 6.17. The number of hydrogen-bond acceptors (Lipinski definition) is 4. The Labute approximate surface area is 137 Å². The minimum absolute atomic E-state index is 0.170. The van der Waals surface area contributed by atoms with E-state index in [4.69, 9.17) is 9.47 Å². The average molecular weight is 319 g/mol. The highest BCUT2D eigenvalue weighted by Crippen LogP contribution is 2.27. The van der Waals surface area contributed by atoms with Crippen LogP contribution in [0, 0.1) is 0 Å². The van der Waals surface area contributed by atoms with E-state index in [1.165, 1.54) is 7.11 Å². The minimum atomic E-state index is -0.639. The van der Waals surface area contributed by atoms with Gasteiger partial charge in [-0.2, -0.15) is 0 Å². The fourth-order valence-corrected chi connectivity index (χ4v) is 2.95. The lowest BCUT2D eigenvalue weighted by Crippen LogP contribution is -2.46. The third-order valence-electron chi connectivity index (χ3n) is 4.20. The van der Waals surface area contributed by atoms with E-state index in [0.29, 0.717) is 18.9 Å². The molecule has 0 radical (unpaired) electrons. The highest BCUT2D eigenvalue weighted by atomic mass is 16.5. The average Bonchev–Trinajstić information content (AvgIpc) is 3.03. The maximum atomic E-state index is 12.7. The molecule has 2 rings (SSSR count). The molecule has 1 saturated heterocycles. The molecule has 1 aromatic carbocycles. The largest absolute Gasteiger partial charge is 0.481 e. The molecule has 23 heavy (non-hydrogen) atoms. The number of benzene rings is 1. The summed E-state index contributed by atoms with van der Waals surface area (Å²) in [5.74, 6) is 0.502. The van der Waals surface area contributed by atoms with E-state index in [1.54, 1.807) is 11.8 Å². The van der Waals surface area contributed by atoms with Gasteiger partial charge in [0.15, 0.2) is 6.10 Å². The summed E-state index contributed by atoms with van der Waals surface area (Å²) >= 11 is 0. The third-order valence-corrected chi connectivity index (χ3v) is 4.20. The first kappa shape index (κ1) is 17.3. The molecule has 1 amide bonds. The SMILES string of the molecule is COC(=O)C1CCCN1C(=O)C(C)Oc1ccccc1C(C)C. The molecule has 126 valence electrons. The van der Waals surface area contributed by atoms with Crippen molar-refractivity contribution in [3.05, 3.63) is 29.8 Å². The molecule has 0 spiro atoms. The summed E-state index contributed by atoms with van der Waals surface area (Å²) in [6.07, 6.45) is 0.814. The maximum absolute atomic E-state index is 12.7. The molecule has 1 aliphatic heterocycles. The number of methoxy groups -OCH3 is 1. The van der Waals surface area contributed by atoms with Gasteiger partial charge in [0.25, 0.3) is 5.91 Å². The molecular weight excluding hydrogens is 294 g/mol. The van der Waals surface area contributed by atoms with Crippen LogP contribution in [0.15, 0.2) is 24.3 Å². The number of likely N-dealkylation sites (tertiary alicyclic amines) is 1. The van der Waals surface area contributed by atoms with Crippen LogP contribution in [-0.4, -0.2) is 42.6 Å². The molecule has 1 aromatic rings. The predicted octanol–water partition coefficient (Wildman–Crippen LogP) is 2.74. The van der Waals surface area contributed by atoms with E-state index in [2.05, 4.69) is 13.8 Å². The van der Waals surface area contributed by atoms with Gasteiger partial charge < -0.3 is 14.4 Å². The van der Waals surface area contributed by atoms with Crippen LogP contribution in [0.2, 0.25) is 0 Å². The molecule has 5 nitrogen and oxygen atoms in total. The van der Waals surface area contributed by atoms with Crippen molar-refractivity contribution in [3.63, 3.8) is 0 Å². The first-order chi connectivity index (χ1) is 11.0.